The second-order valence-corrected chi connectivity index (χ2v) is 12.1. The third-order valence-electron chi connectivity index (χ3n) is 7.86. The molecule has 4 aromatic rings. The molecule has 1 fully saturated rings. The lowest BCUT2D eigenvalue weighted by atomic mass is 9.62. The number of rotatable bonds is 4. The van der Waals surface area contributed by atoms with Crippen molar-refractivity contribution >= 4 is 35.0 Å². The van der Waals surface area contributed by atoms with Gasteiger partial charge in [-0.05, 0) is 61.6 Å². The van der Waals surface area contributed by atoms with Crippen LogP contribution in [-0.4, -0.2) is 9.55 Å². The summed E-state index contributed by atoms with van der Waals surface area (Å²) >= 11 is 14.2. The average Bonchev–Trinajstić information content (AvgIpc) is 2.89. The Bertz CT molecular complexity index is 1540. The molecule has 6 rings (SSSR count). The van der Waals surface area contributed by atoms with Gasteiger partial charge in [0, 0.05) is 26.8 Å². The van der Waals surface area contributed by atoms with Crippen LogP contribution in [0.2, 0.25) is 10.0 Å². The Kier molecular flexibility index (Phi) is 6.68. The molecule has 0 radical (unpaired) electrons. The highest BCUT2D eigenvalue weighted by Crippen LogP contribution is 2.49. The zero-order valence-corrected chi connectivity index (χ0v) is 23.1. The number of aryl methyl sites for hydroxylation is 1. The van der Waals surface area contributed by atoms with E-state index in [1.165, 1.54) is 12.0 Å². The molecular formula is C31H28Cl2N2OS. The van der Waals surface area contributed by atoms with E-state index in [0.29, 0.717) is 21.0 Å². The number of hydrogen-bond acceptors (Lipinski definition) is 3. The van der Waals surface area contributed by atoms with Gasteiger partial charge in [0.05, 0.1) is 16.9 Å². The molecule has 6 heteroatoms. The summed E-state index contributed by atoms with van der Waals surface area (Å²) in [7, 11) is 0. The van der Waals surface area contributed by atoms with Crippen molar-refractivity contribution in [3.05, 3.63) is 109 Å². The number of fused-ring (bicyclic) bond motifs is 4. The van der Waals surface area contributed by atoms with E-state index in [9.17, 15) is 4.79 Å². The molecule has 0 unspecified atom stereocenters. The largest absolute Gasteiger partial charge is 0.268 e. The smallest absolute Gasteiger partial charge is 0.263 e. The quantitative estimate of drug-likeness (QED) is 0.190. The van der Waals surface area contributed by atoms with Crippen molar-refractivity contribution in [2.75, 3.05) is 0 Å². The first-order chi connectivity index (χ1) is 17.9. The minimum Gasteiger partial charge on any atom is -0.268 e. The fourth-order valence-electron chi connectivity index (χ4n) is 5.99. The maximum absolute atomic E-state index is 14.6. The monoisotopic (exact) mass is 546 g/mol. The van der Waals surface area contributed by atoms with Gasteiger partial charge in [-0.25, -0.2) is 4.98 Å². The lowest BCUT2D eigenvalue weighted by molar-refractivity contribution is 0.283. The van der Waals surface area contributed by atoms with Crippen LogP contribution in [0.1, 0.15) is 54.4 Å². The van der Waals surface area contributed by atoms with Gasteiger partial charge in [-0.3, -0.25) is 9.36 Å². The minimum absolute atomic E-state index is 0.0648. The third kappa shape index (κ3) is 4.54. The Morgan fingerprint density at radius 1 is 0.973 bits per heavy atom. The lowest BCUT2D eigenvalue weighted by Crippen LogP contribution is -2.42. The second kappa shape index (κ2) is 9.98. The SMILES string of the molecule is Cc1ccc(-n2c(SCc3ccc(Cl)cc3Cl)nc3c(c2=O)C2(CCCCC2)Cc2ccccc2-3)cc1. The zero-order chi connectivity index (χ0) is 25.6. The van der Waals surface area contributed by atoms with Crippen LogP contribution in [0.5, 0.6) is 0 Å². The predicted octanol–water partition coefficient (Wildman–Crippen LogP) is 8.57. The lowest BCUT2D eigenvalue weighted by Gasteiger charge is -2.42. The summed E-state index contributed by atoms with van der Waals surface area (Å²) in [6.45, 7) is 2.06. The first-order valence-electron chi connectivity index (χ1n) is 12.8. The molecule has 3 nitrogen and oxygen atoms in total. The average molecular weight is 548 g/mol. The topological polar surface area (TPSA) is 34.9 Å². The Balaban J connectivity index is 1.57. The zero-order valence-electron chi connectivity index (χ0n) is 20.8. The van der Waals surface area contributed by atoms with Crippen LogP contribution in [0.4, 0.5) is 0 Å². The Morgan fingerprint density at radius 2 is 1.73 bits per heavy atom. The van der Waals surface area contributed by atoms with E-state index in [2.05, 4.69) is 43.3 Å². The number of nitrogens with zero attached hydrogens (tertiary/aromatic N) is 2. The van der Waals surface area contributed by atoms with Crippen LogP contribution in [-0.2, 0) is 17.6 Å². The van der Waals surface area contributed by atoms with E-state index < -0.39 is 0 Å². The van der Waals surface area contributed by atoms with E-state index in [4.69, 9.17) is 28.2 Å². The number of thioether (sulfide) groups is 1. The Labute approximate surface area is 231 Å². The maximum Gasteiger partial charge on any atom is 0.263 e. The highest BCUT2D eigenvalue weighted by molar-refractivity contribution is 7.98. The molecule has 1 heterocycles. The molecule has 0 amide bonds. The summed E-state index contributed by atoms with van der Waals surface area (Å²) in [6.07, 6.45) is 6.51. The molecule has 1 spiro atoms. The predicted molar refractivity (Wildman–Crippen MR) is 154 cm³/mol. The Morgan fingerprint density at radius 3 is 2.49 bits per heavy atom. The van der Waals surface area contributed by atoms with E-state index in [1.807, 2.05) is 28.8 Å². The summed E-state index contributed by atoms with van der Waals surface area (Å²) in [6, 6.07) is 22.2. The molecule has 3 aromatic carbocycles. The fraction of sp³-hybridized carbons (Fsp3) is 0.290. The van der Waals surface area contributed by atoms with Crippen molar-refractivity contribution in [2.45, 2.75) is 61.8 Å². The summed E-state index contributed by atoms with van der Waals surface area (Å²) < 4.78 is 1.83. The van der Waals surface area contributed by atoms with Crippen molar-refractivity contribution in [2.24, 2.45) is 0 Å². The van der Waals surface area contributed by atoms with E-state index in [-0.39, 0.29) is 11.0 Å². The van der Waals surface area contributed by atoms with Gasteiger partial charge in [0.1, 0.15) is 0 Å². The molecule has 2 aliphatic rings. The number of benzene rings is 3. The standard InChI is InChI=1S/C31H28Cl2N2OS/c1-20-9-13-24(14-10-20)35-29(36)27-28(34-30(35)37-19-22-11-12-23(32)17-26(22)33)25-8-4-3-7-21(25)18-31(27)15-5-2-6-16-31/h3-4,7-14,17H,2,5-6,15-16,18-19H2,1H3. The van der Waals surface area contributed by atoms with Crippen LogP contribution in [0, 0.1) is 6.92 Å². The van der Waals surface area contributed by atoms with E-state index in [0.717, 1.165) is 65.7 Å². The van der Waals surface area contributed by atoms with Crippen molar-refractivity contribution in [1.82, 2.24) is 9.55 Å². The molecule has 0 aliphatic heterocycles. The molecule has 188 valence electrons. The highest BCUT2D eigenvalue weighted by Gasteiger charge is 2.43. The van der Waals surface area contributed by atoms with Gasteiger partial charge in [0.15, 0.2) is 5.16 Å². The van der Waals surface area contributed by atoms with Crippen molar-refractivity contribution in [3.8, 4) is 16.9 Å². The molecule has 0 N–H and O–H groups in total. The van der Waals surface area contributed by atoms with Gasteiger partial charge in [0.2, 0.25) is 0 Å². The minimum atomic E-state index is -0.152. The molecule has 1 aromatic heterocycles. The number of halogens is 2. The molecule has 0 bridgehead atoms. The van der Waals surface area contributed by atoms with Crippen LogP contribution in [0.25, 0.3) is 16.9 Å². The third-order valence-corrected chi connectivity index (χ3v) is 9.43. The summed E-state index contributed by atoms with van der Waals surface area (Å²) in [4.78, 5) is 19.9. The normalized spacial score (nSPS) is 15.9. The van der Waals surface area contributed by atoms with Gasteiger partial charge in [0.25, 0.3) is 5.56 Å². The summed E-state index contributed by atoms with van der Waals surface area (Å²) in [5, 5.41) is 1.91. The fourth-order valence-corrected chi connectivity index (χ4v) is 7.55. The van der Waals surface area contributed by atoms with Crippen LogP contribution < -0.4 is 5.56 Å². The Hall–Kier alpha value is -2.53. The van der Waals surface area contributed by atoms with Crippen molar-refractivity contribution in [3.63, 3.8) is 0 Å². The van der Waals surface area contributed by atoms with Crippen LogP contribution in [0.15, 0.2) is 76.7 Å². The summed E-state index contributed by atoms with van der Waals surface area (Å²) in [5.41, 5.74) is 7.03. The first-order valence-corrected chi connectivity index (χ1v) is 14.6. The van der Waals surface area contributed by atoms with Crippen LogP contribution >= 0.6 is 35.0 Å². The number of hydrogen-bond donors (Lipinski definition) is 0. The first kappa shape index (κ1) is 24.8. The van der Waals surface area contributed by atoms with Gasteiger partial charge >= 0.3 is 0 Å². The molecule has 2 aliphatic carbocycles. The van der Waals surface area contributed by atoms with Gasteiger partial charge < -0.3 is 0 Å². The molecular weight excluding hydrogens is 519 g/mol. The van der Waals surface area contributed by atoms with Crippen LogP contribution in [0.3, 0.4) is 0 Å². The van der Waals surface area contributed by atoms with Crippen molar-refractivity contribution < 1.29 is 0 Å². The van der Waals surface area contributed by atoms with Gasteiger partial charge in [-0.15, -0.1) is 0 Å². The van der Waals surface area contributed by atoms with Crippen molar-refractivity contribution in [1.29, 1.82) is 0 Å². The molecule has 37 heavy (non-hydrogen) atoms. The summed E-state index contributed by atoms with van der Waals surface area (Å²) in [5.74, 6) is 0.583. The second-order valence-electron chi connectivity index (χ2n) is 10.3. The van der Waals surface area contributed by atoms with Gasteiger partial charge in [-0.2, -0.15) is 0 Å². The molecule has 0 saturated heterocycles. The van der Waals surface area contributed by atoms with E-state index in [1.54, 1.807) is 17.8 Å². The molecule has 0 atom stereocenters. The molecule has 1 saturated carbocycles. The van der Waals surface area contributed by atoms with E-state index >= 15 is 0 Å². The maximum atomic E-state index is 14.6. The van der Waals surface area contributed by atoms with Gasteiger partial charge in [-0.1, -0.05) is 102 Å². The number of aromatic nitrogens is 2. The highest BCUT2D eigenvalue weighted by atomic mass is 35.5.